The molecule has 0 fully saturated rings. The summed E-state index contributed by atoms with van der Waals surface area (Å²) in [4.78, 5) is 11.6. The molecular formula is C13H18N4OS. The van der Waals surface area contributed by atoms with E-state index in [1.54, 1.807) is 16.3 Å². The minimum absolute atomic E-state index is 0.107. The summed E-state index contributed by atoms with van der Waals surface area (Å²) in [5, 5.41) is 7.27. The molecule has 0 spiro atoms. The highest BCUT2D eigenvalue weighted by Crippen LogP contribution is 2.20. The van der Waals surface area contributed by atoms with Crippen molar-refractivity contribution in [1.82, 2.24) is 14.8 Å². The number of aryl methyl sites for hydroxylation is 1. The lowest BCUT2D eigenvalue weighted by Crippen LogP contribution is -2.19. The molecule has 102 valence electrons. The fourth-order valence-electron chi connectivity index (χ4n) is 1.86. The van der Waals surface area contributed by atoms with Crippen molar-refractivity contribution in [2.75, 3.05) is 11.5 Å². The summed E-state index contributed by atoms with van der Waals surface area (Å²) in [7, 11) is 0. The first-order chi connectivity index (χ1) is 9.09. The van der Waals surface area contributed by atoms with Crippen LogP contribution in [0.3, 0.4) is 0 Å². The van der Waals surface area contributed by atoms with Gasteiger partial charge in [0.05, 0.1) is 0 Å². The van der Waals surface area contributed by atoms with Gasteiger partial charge < -0.3 is 5.73 Å². The predicted octanol–water partition coefficient (Wildman–Crippen LogP) is 2.07. The number of aromatic amines is 1. The van der Waals surface area contributed by atoms with Gasteiger partial charge in [0.2, 0.25) is 0 Å². The standard InChI is InChI=1S/C13H18N4OS/c1-9(2)17-12(18)15-16-13(17)19-8-7-10-5-3-4-6-11(10)14/h3-6,9H,7-8,14H2,1-2H3,(H,15,18). The van der Waals surface area contributed by atoms with Gasteiger partial charge >= 0.3 is 5.69 Å². The van der Waals surface area contributed by atoms with Crippen LogP contribution >= 0.6 is 11.8 Å². The minimum atomic E-state index is -0.156. The van der Waals surface area contributed by atoms with E-state index in [2.05, 4.69) is 10.2 Å². The summed E-state index contributed by atoms with van der Waals surface area (Å²) < 4.78 is 1.67. The van der Waals surface area contributed by atoms with Gasteiger partial charge in [0, 0.05) is 17.5 Å². The van der Waals surface area contributed by atoms with Crippen molar-refractivity contribution in [1.29, 1.82) is 0 Å². The second kappa shape index (κ2) is 5.97. The summed E-state index contributed by atoms with van der Waals surface area (Å²) in [6, 6.07) is 7.94. The van der Waals surface area contributed by atoms with Crippen LogP contribution < -0.4 is 11.4 Å². The average Bonchev–Trinajstić information content (AvgIpc) is 2.73. The van der Waals surface area contributed by atoms with Gasteiger partial charge in [0.1, 0.15) is 0 Å². The number of hydrogen-bond acceptors (Lipinski definition) is 4. The Morgan fingerprint density at radius 2 is 2.16 bits per heavy atom. The van der Waals surface area contributed by atoms with Gasteiger partial charge in [0.15, 0.2) is 5.16 Å². The van der Waals surface area contributed by atoms with Crippen LogP contribution in [0.25, 0.3) is 0 Å². The normalized spacial score (nSPS) is 11.1. The maximum absolute atomic E-state index is 11.6. The molecule has 1 aromatic heterocycles. The molecule has 5 nitrogen and oxygen atoms in total. The molecule has 3 N–H and O–H groups in total. The van der Waals surface area contributed by atoms with Crippen molar-refractivity contribution in [3.8, 4) is 0 Å². The number of nitrogens with two attached hydrogens (primary N) is 1. The molecule has 0 atom stereocenters. The number of benzene rings is 1. The van der Waals surface area contributed by atoms with Gasteiger partial charge in [-0.1, -0.05) is 30.0 Å². The number of anilines is 1. The zero-order valence-corrected chi connectivity index (χ0v) is 11.9. The molecule has 19 heavy (non-hydrogen) atoms. The molecule has 2 rings (SSSR count). The second-order valence-corrected chi connectivity index (χ2v) is 5.63. The zero-order valence-electron chi connectivity index (χ0n) is 11.1. The van der Waals surface area contributed by atoms with Crippen molar-refractivity contribution in [2.45, 2.75) is 31.5 Å². The van der Waals surface area contributed by atoms with Crippen LogP contribution in [0.1, 0.15) is 25.5 Å². The molecule has 0 unspecified atom stereocenters. The largest absolute Gasteiger partial charge is 0.399 e. The minimum Gasteiger partial charge on any atom is -0.399 e. The number of aromatic nitrogens is 3. The van der Waals surface area contributed by atoms with E-state index in [4.69, 9.17) is 5.73 Å². The van der Waals surface area contributed by atoms with Gasteiger partial charge in [-0.3, -0.25) is 4.57 Å². The van der Waals surface area contributed by atoms with Crippen molar-refractivity contribution in [3.63, 3.8) is 0 Å². The van der Waals surface area contributed by atoms with E-state index >= 15 is 0 Å². The molecule has 0 radical (unpaired) electrons. The van der Waals surface area contributed by atoms with Gasteiger partial charge in [-0.15, -0.1) is 5.10 Å². The number of rotatable bonds is 5. The van der Waals surface area contributed by atoms with Crippen LogP contribution in [-0.4, -0.2) is 20.5 Å². The van der Waals surface area contributed by atoms with E-state index in [1.165, 1.54) is 0 Å². The highest BCUT2D eigenvalue weighted by Gasteiger charge is 2.11. The lowest BCUT2D eigenvalue weighted by Gasteiger charge is -2.09. The summed E-state index contributed by atoms with van der Waals surface area (Å²) >= 11 is 1.56. The number of H-pyrrole nitrogens is 1. The molecule has 0 aliphatic carbocycles. The predicted molar refractivity (Wildman–Crippen MR) is 78.5 cm³/mol. The quantitative estimate of drug-likeness (QED) is 0.648. The third-order valence-electron chi connectivity index (χ3n) is 2.85. The molecule has 0 amide bonds. The van der Waals surface area contributed by atoms with Crippen molar-refractivity contribution in [3.05, 3.63) is 40.3 Å². The van der Waals surface area contributed by atoms with Crippen LogP contribution in [0.15, 0.2) is 34.2 Å². The second-order valence-electron chi connectivity index (χ2n) is 4.57. The molecule has 0 saturated heterocycles. The van der Waals surface area contributed by atoms with E-state index in [0.29, 0.717) is 0 Å². The van der Waals surface area contributed by atoms with E-state index in [-0.39, 0.29) is 11.7 Å². The molecular weight excluding hydrogens is 260 g/mol. The average molecular weight is 278 g/mol. The number of para-hydroxylation sites is 1. The third kappa shape index (κ3) is 3.20. The van der Waals surface area contributed by atoms with Crippen molar-refractivity contribution >= 4 is 17.4 Å². The number of hydrogen-bond donors (Lipinski definition) is 2. The van der Waals surface area contributed by atoms with E-state index in [0.717, 1.165) is 28.6 Å². The van der Waals surface area contributed by atoms with Crippen molar-refractivity contribution in [2.24, 2.45) is 0 Å². The number of nitrogens with zero attached hydrogens (tertiary/aromatic N) is 2. The Bertz CT molecular complexity index is 603. The van der Waals surface area contributed by atoms with E-state index in [9.17, 15) is 4.79 Å². The Balaban J connectivity index is 2.01. The lowest BCUT2D eigenvalue weighted by molar-refractivity contribution is 0.534. The molecule has 0 saturated carbocycles. The molecule has 1 aromatic carbocycles. The van der Waals surface area contributed by atoms with Crippen LogP contribution in [-0.2, 0) is 6.42 Å². The fourth-order valence-corrected chi connectivity index (χ4v) is 2.91. The monoisotopic (exact) mass is 278 g/mol. The van der Waals surface area contributed by atoms with Crippen LogP contribution in [0.4, 0.5) is 5.69 Å². The third-order valence-corrected chi connectivity index (χ3v) is 3.80. The first-order valence-corrected chi connectivity index (χ1v) is 7.21. The number of thioether (sulfide) groups is 1. The van der Waals surface area contributed by atoms with E-state index in [1.807, 2.05) is 38.1 Å². The Hall–Kier alpha value is -1.69. The number of nitrogen functional groups attached to an aromatic ring is 1. The molecule has 0 bridgehead atoms. The Labute approximate surface area is 116 Å². The van der Waals surface area contributed by atoms with Gasteiger partial charge in [0.25, 0.3) is 0 Å². The summed E-state index contributed by atoms with van der Waals surface area (Å²) in [6.07, 6.45) is 0.858. The fraction of sp³-hybridized carbons (Fsp3) is 0.385. The first kappa shape index (κ1) is 13.7. The molecule has 0 aliphatic rings. The van der Waals surface area contributed by atoms with Crippen LogP contribution in [0.2, 0.25) is 0 Å². The van der Waals surface area contributed by atoms with Gasteiger partial charge in [-0.2, -0.15) is 0 Å². The number of nitrogens with one attached hydrogen (secondary N) is 1. The Morgan fingerprint density at radius 3 is 2.84 bits per heavy atom. The molecule has 6 heteroatoms. The SMILES string of the molecule is CC(C)n1c(SCCc2ccccc2N)n[nH]c1=O. The maximum atomic E-state index is 11.6. The Morgan fingerprint density at radius 1 is 1.42 bits per heavy atom. The smallest absolute Gasteiger partial charge is 0.344 e. The summed E-state index contributed by atoms with van der Waals surface area (Å²) in [5.41, 5.74) is 7.68. The molecule has 1 heterocycles. The lowest BCUT2D eigenvalue weighted by atomic mass is 10.1. The van der Waals surface area contributed by atoms with Gasteiger partial charge in [-0.05, 0) is 31.9 Å². The highest BCUT2D eigenvalue weighted by atomic mass is 32.2. The van der Waals surface area contributed by atoms with Crippen LogP contribution in [0, 0.1) is 0 Å². The highest BCUT2D eigenvalue weighted by molar-refractivity contribution is 7.99. The molecule has 0 aliphatic heterocycles. The zero-order chi connectivity index (χ0) is 13.8. The van der Waals surface area contributed by atoms with Gasteiger partial charge in [-0.25, -0.2) is 9.89 Å². The summed E-state index contributed by atoms with van der Waals surface area (Å²) in [6.45, 7) is 3.94. The molecule has 2 aromatic rings. The van der Waals surface area contributed by atoms with Crippen LogP contribution in [0.5, 0.6) is 0 Å². The topological polar surface area (TPSA) is 76.7 Å². The summed E-state index contributed by atoms with van der Waals surface area (Å²) in [5.74, 6) is 0.839. The maximum Gasteiger partial charge on any atom is 0.344 e. The Kier molecular flexibility index (Phi) is 4.31. The van der Waals surface area contributed by atoms with Crippen molar-refractivity contribution < 1.29 is 0 Å². The van der Waals surface area contributed by atoms with E-state index < -0.39 is 0 Å². The first-order valence-electron chi connectivity index (χ1n) is 6.22.